The van der Waals surface area contributed by atoms with Gasteiger partial charge in [0.15, 0.2) is 0 Å². The Morgan fingerprint density at radius 1 is 1.23 bits per heavy atom. The molecule has 1 heterocycles. The number of hydrogen-bond donors (Lipinski definition) is 5. The van der Waals surface area contributed by atoms with Crippen molar-refractivity contribution in [2.24, 2.45) is 5.92 Å². The van der Waals surface area contributed by atoms with E-state index in [0.29, 0.717) is 30.2 Å². The number of amides is 1. The third-order valence-electron chi connectivity index (χ3n) is 5.13. The van der Waals surface area contributed by atoms with Crippen LogP contribution in [0.2, 0.25) is 5.15 Å². The molecule has 0 saturated heterocycles. The van der Waals surface area contributed by atoms with Crippen molar-refractivity contribution in [2.45, 2.75) is 38.3 Å². The van der Waals surface area contributed by atoms with Gasteiger partial charge in [0.2, 0.25) is 0 Å². The number of pyridine rings is 1. The molecule has 0 fully saturated rings. The fourth-order valence-corrected chi connectivity index (χ4v) is 3.30. The molecule has 0 aliphatic carbocycles. The van der Waals surface area contributed by atoms with Gasteiger partial charge in [0.1, 0.15) is 5.15 Å². The standard InChI is InChI=1S/C23H30ClN5O2/c1-2-20(22(30)19-7-8-21(24)28-15-19)27-12-10-16-3-5-18(6-4-16)23(31)29-14-17(13-26)9-11-25/h3-8,11,13,15,17,20,22,25-27,30H,2,9-10,12,14H2,1H3,(H,29,31). The third kappa shape index (κ3) is 7.86. The van der Waals surface area contributed by atoms with Gasteiger partial charge in [0.25, 0.3) is 5.91 Å². The molecule has 0 radical (unpaired) electrons. The number of benzene rings is 1. The first kappa shape index (κ1) is 24.7. The molecule has 31 heavy (non-hydrogen) atoms. The van der Waals surface area contributed by atoms with Crippen LogP contribution in [0.5, 0.6) is 0 Å². The second-order valence-corrected chi connectivity index (χ2v) is 7.74. The lowest BCUT2D eigenvalue weighted by atomic mass is 10.0. The van der Waals surface area contributed by atoms with Crippen molar-refractivity contribution < 1.29 is 9.90 Å². The molecule has 1 amide bonds. The summed E-state index contributed by atoms with van der Waals surface area (Å²) >= 11 is 5.81. The molecule has 0 aliphatic rings. The van der Waals surface area contributed by atoms with Crippen LogP contribution in [-0.2, 0) is 6.42 Å². The Morgan fingerprint density at radius 3 is 2.55 bits per heavy atom. The van der Waals surface area contributed by atoms with Crippen LogP contribution in [0, 0.1) is 16.7 Å². The third-order valence-corrected chi connectivity index (χ3v) is 5.35. The second-order valence-electron chi connectivity index (χ2n) is 7.35. The van der Waals surface area contributed by atoms with Crippen LogP contribution in [0.15, 0.2) is 42.6 Å². The number of aliphatic hydroxyl groups is 1. The fraction of sp³-hybridized carbons (Fsp3) is 0.391. The van der Waals surface area contributed by atoms with E-state index in [4.69, 9.17) is 22.4 Å². The highest BCUT2D eigenvalue weighted by Gasteiger charge is 2.19. The Kier molecular flexibility index (Phi) is 10.3. The van der Waals surface area contributed by atoms with Gasteiger partial charge in [-0.05, 0) is 55.8 Å². The number of rotatable bonds is 13. The molecule has 0 saturated carbocycles. The van der Waals surface area contributed by atoms with Crippen molar-refractivity contribution in [3.63, 3.8) is 0 Å². The largest absolute Gasteiger partial charge is 0.387 e. The molecule has 0 spiro atoms. The lowest BCUT2D eigenvalue weighted by Gasteiger charge is -2.23. The molecule has 8 heteroatoms. The molecule has 0 bridgehead atoms. The molecule has 1 aromatic carbocycles. The lowest BCUT2D eigenvalue weighted by Crippen LogP contribution is -2.35. The van der Waals surface area contributed by atoms with Crippen LogP contribution in [0.4, 0.5) is 0 Å². The predicted molar refractivity (Wildman–Crippen MR) is 124 cm³/mol. The SMILES string of the molecule is CCC(NCCc1ccc(C(=O)NCC(C=N)CC=N)cc1)C(O)c1ccc(Cl)nc1. The van der Waals surface area contributed by atoms with Gasteiger partial charge < -0.3 is 26.6 Å². The number of carbonyl (C=O) groups is 1. The molecule has 5 N–H and O–H groups in total. The van der Waals surface area contributed by atoms with Crippen molar-refractivity contribution >= 4 is 29.9 Å². The Morgan fingerprint density at radius 2 is 1.97 bits per heavy atom. The minimum absolute atomic E-state index is 0.101. The Hall–Kier alpha value is -2.61. The van der Waals surface area contributed by atoms with E-state index in [1.54, 1.807) is 30.5 Å². The monoisotopic (exact) mass is 443 g/mol. The van der Waals surface area contributed by atoms with Crippen LogP contribution >= 0.6 is 11.6 Å². The zero-order valence-corrected chi connectivity index (χ0v) is 18.4. The maximum atomic E-state index is 12.3. The van der Waals surface area contributed by atoms with Crippen molar-refractivity contribution in [3.05, 3.63) is 64.4 Å². The van der Waals surface area contributed by atoms with Crippen molar-refractivity contribution in [2.75, 3.05) is 13.1 Å². The highest BCUT2D eigenvalue weighted by molar-refractivity contribution is 6.29. The van der Waals surface area contributed by atoms with Gasteiger partial charge >= 0.3 is 0 Å². The van der Waals surface area contributed by atoms with Crippen LogP contribution < -0.4 is 10.6 Å². The average Bonchev–Trinajstić information content (AvgIpc) is 2.79. The minimum Gasteiger partial charge on any atom is -0.387 e. The minimum atomic E-state index is -0.668. The molecular weight excluding hydrogens is 414 g/mol. The number of hydrogen-bond acceptors (Lipinski definition) is 6. The van der Waals surface area contributed by atoms with Crippen LogP contribution in [0.3, 0.4) is 0 Å². The van der Waals surface area contributed by atoms with Gasteiger partial charge in [-0.2, -0.15) is 0 Å². The number of carbonyl (C=O) groups excluding carboxylic acids is 1. The van der Waals surface area contributed by atoms with Crippen molar-refractivity contribution in [1.29, 1.82) is 10.8 Å². The molecule has 2 rings (SSSR count). The molecule has 0 aliphatic heterocycles. The molecule has 3 atom stereocenters. The van der Waals surface area contributed by atoms with Gasteiger partial charge in [-0.15, -0.1) is 0 Å². The summed E-state index contributed by atoms with van der Waals surface area (Å²) in [5.74, 6) is -0.343. The second kappa shape index (κ2) is 12.9. The van der Waals surface area contributed by atoms with E-state index in [-0.39, 0.29) is 17.9 Å². The maximum absolute atomic E-state index is 12.3. The Balaban J connectivity index is 1.82. The summed E-state index contributed by atoms with van der Waals surface area (Å²) in [6.07, 6.45) is 5.40. The van der Waals surface area contributed by atoms with Crippen molar-refractivity contribution in [3.8, 4) is 0 Å². The van der Waals surface area contributed by atoms with Gasteiger partial charge in [-0.1, -0.05) is 36.7 Å². The smallest absolute Gasteiger partial charge is 0.251 e. The Bertz CT molecular complexity index is 842. The van der Waals surface area contributed by atoms with Crippen LogP contribution in [0.1, 0.15) is 47.4 Å². The van der Waals surface area contributed by atoms with Gasteiger partial charge in [-0.25, -0.2) is 4.98 Å². The number of nitrogens with zero attached hydrogens (tertiary/aromatic N) is 1. The highest BCUT2D eigenvalue weighted by Crippen LogP contribution is 2.19. The van der Waals surface area contributed by atoms with Crippen LogP contribution in [-0.4, -0.2) is 47.6 Å². The summed E-state index contributed by atoms with van der Waals surface area (Å²) < 4.78 is 0. The normalized spacial score (nSPS) is 13.8. The first-order valence-electron chi connectivity index (χ1n) is 10.4. The summed E-state index contributed by atoms with van der Waals surface area (Å²) in [6.45, 7) is 3.04. The number of aliphatic hydroxyl groups excluding tert-OH is 1. The number of halogens is 1. The lowest BCUT2D eigenvalue weighted by molar-refractivity contribution is 0.0951. The first-order valence-corrected chi connectivity index (χ1v) is 10.8. The summed E-state index contributed by atoms with van der Waals surface area (Å²) in [5, 5.41) is 31.6. The summed E-state index contributed by atoms with van der Waals surface area (Å²) in [7, 11) is 0. The number of aromatic nitrogens is 1. The van der Waals surface area contributed by atoms with E-state index in [9.17, 15) is 9.90 Å². The molecule has 2 aromatic rings. The van der Waals surface area contributed by atoms with E-state index in [1.165, 1.54) is 12.4 Å². The zero-order chi connectivity index (χ0) is 22.6. The fourth-order valence-electron chi connectivity index (χ4n) is 3.19. The van der Waals surface area contributed by atoms with E-state index < -0.39 is 6.10 Å². The Labute approximate surface area is 188 Å². The summed E-state index contributed by atoms with van der Waals surface area (Å²) in [5.41, 5.74) is 2.38. The zero-order valence-electron chi connectivity index (χ0n) is 17.6. The highest BCUT2D eigenvalue weighted by atomic mass is 35.5. The van der Waals surface area contributed by atoms with E-state index in [0.717, 1.165) is 24.0 Å². The van der Waals surface area contributed by atoms with Crippen LogP contribution in [0.25, 0.3) is 0 Å². The average molecular weight is 444 g/mol. The maximum Gasteiger partial charge on any atom is 0.251 e. The summed E-state index contributed by atoms with van der Waals surface area (Å²) in [4.78, 5) is 16.3. The molecular formula is C23H30ClN5O2. The van der Waals surface area contributed by atoms with Gasteiger partial charge in [0, 0.05) is 42.0 Å². The molecule has 7 nitrogen and oxygen atoms in total. The van der Waals surface area contributed by atoms with Crippen molar-refractivity contribution in [1.82, 2.24) is 15.6 Å². The van der Waals surface area contributed by atoms with Gasteiger partial charge in [0.05, 0.1) is 6.10 Å². The first-order chi connectivity index (χ1) is 15.0. The molecule has 3 unspecified atom stereocenters. The molecule has 166 valence electrons. The number of nitrogens with one attached hydrogen (secondary N) is 4. The predicted octanol–water partition coefficient (Wildman–Crippen LogP) is 3.41. The van der Waals surface area contributed by atoms with E-state index in [2.05, 4.69) is 15.6 Å². The summed E-state index contributed by atoms with van der Waals surface area (Å²) in [6, 6.07) is 10.8. The molecule has 1 aromatic heterocycles. The quantitative estimate of drug-likeness (QED) is 0.240. The van der Waals surface area contributed by atoms with E-state index in [1.807, 2.05) is 19.1 Å². The topological polar surface area (TPSA) is 122 Å². The van der Waals surface area contributed by atoms with E-state index >= 15 is 0 Å². The van der Waals surface area contributed by atoms with Gasteiger partial charge in [-0.3, -0.25) is 4.79 Å².